The van der Waals surface area contributed by atoms with Crippen molar-refractivity contribution in [2.45, 2.75) is 110 Å². The van der Waals surface area contributed by atoms with Crippen molar-refractivity contribution < 1.29 is 24.2 Å². The highest BCUT2D eigenvalue weighted by Crippen LogP contribution is 2.33. The lowest BCUT2D eigenvalue weighted by Gasteiger charge is -2.33. The van der Waals surface area contributed by atoms with Gasteiger partial charge in [-0.05, 0) is 56.9 Å². The van der Waals surface area contributed by atoms with E-state index in [0.717, 1.165) is 44.9 Å². The molecule has 1 rings (SSSR count). The SMILES string of the molecule is CCCCCCCCC(/C=C/C=C/[C@@H]1CC=CC[C@H]1C(CCCCO)OC(C)=O)OC(C)=O. The Morgan fingerprint density at radius 1 is 0.909 bits per heavy atom. The fraction of sp³-hybridized carbons (Fsp3) is 0.714. The van der Waals surface area contributed by atoms with Gasteiger partial charge in [0.05, 0.1) is 0 Å². The van der Waals surface area contributed by atoms with Crippen LogP contribution in [-0.4, -0.2) is 35.9 Å². The maximum Gasteiger partial charge on any atom is 0.303 e. The van der Waals surface area contributed by atoms with Crippen molar-refractivity contribution in [3.05, 3.63) is 36.5 Å². The van der Waals surface area contributed by atoms with Crippen LogP contribution < -0.4 is 0 Å². The molecule has 0 spiro atoms. The lowest BCUT2D eigenvalue weighted by Crippen LogP contribution is -2.32. The van der Waals surface area contributed by atoms with Crippen LogP contribution in [-0.2, 0) is 19.1 Å². The third-order valence-electron chi connectivity index (χ3n) is 6.18. The van der Waals surface area contributed by atoms with Gasteiger partial charge in [0.25, 0.3) is 0 Å². The van der Waals surface area contributed by atoms with Crippen LogP contribution in [0.2, 0.25) is 0 Å². The summed E-state index contributed by atoms with van der Waals surface area (Å²) in [6, 6.07) is 0. The molecular formula is C28H46O5. The summed E-state index contributed by atoms with van der Waals surface area (Å²) in [5.74, 6) is 0.0165. The topological polar surface area (TPSA) is 72.8 Å². The first-order valence-corrected chi connectivity index (χ1v) is 12.9. The summed E-state index contributed by atoms with van der Waals surface area (Å²) in [4.78, 5) is 23.1. The zero-order chi connectivity index (χ0) is 24.3. The highest BCUT2D eigenvalue weighted by molar-refractivity contribution is 5.66. The lowest BCUT2D eigenvalue weighted by atomic mass is 9.78. The molecule has 0 bridgehead atoms. The molecule has 188 valence electrons. The molecule has 0 aliphatic heterocycles. The van der Waals surface area contributed by atoms with E-state index < -0.39 is 0 Å². The summed E-state index contributed by atoms with van der Waals surface area (Å²) in [7, 11) is 0. The minimum Gasteiger partial charge on any atom is -0.462 e. The van der Waals surface area contributed by atoms with E-state index in [4.69, 9.17) is 14.6 Å². The zero-order valence-corrected chi connectivity index (χ0v) is 21.0. The minimum atomic E-state index is -0.250. The predicted molar refractivity (Wildman–Crippen MR) is 134 cm³/mol. The maximum absolute atomic E-state index is 11.7. The van der Waals surface area contributed by atoms with Crippen LogP contribution in [0, 0.1) is 11.8 Å². The van der Waals surface area contributed by atoms with Gasteiger partial charge < -0.3 is 14.6 Å². The van der Waals surface area contributed by atoms with E-state index in [0.29, 0.717) is 0 Å². The Morgan fingerprint density at radius 3 is 2.27 bits per heavy atom. The summed E-state index contributed by atoms with van der Waals surface area (Å²) in [6.07, 6.45) is 24.5. The Labute approximate surface area is 201 Å². The van der Waals surface area contributed by atoms with Crippen LogP contribution in [0.1, 0.15) is 97.8 Å². The van der Waals surface area contributed by atoms with E-state index in [1.54, 1.807) is 0 Å². The van der Waals surface area contributed by atoms with Gasteiger partial charge in [0.15, 0.2) is 0 Å². The van der Waals surface area contributed by atoms with Gasteiger partial charge in [0.2, 0.25) is 0 Å². The fourth-order valence-corrected chi connectivity index (χ4v) is 4.46. The van der Waals surface area contributed by atoms with E-state index in [1.807, 2.05) is 18.2 Å². The van der Waals surface area contributed by atoms with Gasteiger partial charge in [-0.25, -0.2) is 0 Å². The van der Waals surface area contributed by atoms with Crippen LogP contribution in [0.5, 0.6) is 0 Å². The number of carbonyl (C=O) groups excluding carboxylic acids is 2. The first-order chi connectivity index (χ1) is 16.0. The molecule has 0 radical (unpaired) electrons. The van der Waals surface area contributed by atoms with Gasteiger partial charge in [-0.2, -0.15) is 0 Å². The van der Waals surface area contributed by atoms with Crippen LogP contribution in [0.3, 0.4) is 0 Å². The third-order valence-corrected chi connectivity index (χ3v) is 6.18. The molecule has 1 aliphatic carbocycles. The van der Waals surface area contributed by atoms with Crippen LogP contribution >= 0.6 is 0 Å². The molecule has 5 heteroatoms. The average Bonchev–Trinajstić information content (AvgIpc) is 2.78. The molecule has 4 atom stereocenters. The van der Waals surface area contributed by atoms with Crippen LogP contribution in [0.25, 0.3) is 0 Å². The smallest absolute Gasteiger partial charge is 0.303 e. The second kappa shape index (κ2) is 18.5. The number of aliphatic hydroxyl groups is 1. The second-order valence-electron chi connectivity index (χ2n) is 9.11. The van der Waals surface area contributed by atoms with Gasteiger partial charge >= 0.3 is 11.9 Å². The number of rotatable bonds is 17. The zero-order valence-electron chi connectivity index (χ0n) is 21.0. The fourth-order valence-electron chi connectivity index (χ4n) is 4.46. The number of esters is 2. The van der Waals surface area contributed by atoms with Crippen molar-refractivity contribution in [3.63, 3.8) is 0 Å². The molecule has 1 aliphatic rings. The first-order valence-electron chi connectivity index (χ1n) is 12.9. The van der Waals surface area contributed by atoms with E-state index in [9.17, 15) is 9.59 Å². The number of carbonyl (C=O) groups is 2. The molecule has 33 heavy (non-hydrogen) atoms. The normalized spacial score (nSPS) is 20.2. The number of hydrogen-bond donors (Lipinski definition) is 1. The van der Waals surface area contributed by atoms with Crippen molar-refractivity contribution in [3.8, 4) is 0 Å². The number of hydrogen-bond acceptors (Lipinski definition) is 5. The van der Waals surface area contributed by atoms with Crippen molar-refractivity contribution in [1.82, 2.24) is 0 Å². The van der Waals surface area contributed by atoms with Crippen molar-refractivity contribution in [2.24, 2.45) is 11.8 Å². The molecule has 0 aromatic carbocycles. The maximum atomic E-state index is 11.7. The standard InChI is InChI=1S/C28H46O5/c1-4-5-6-7-8-9-18-26(32-23(2)30)19-12-10-16-25-17-11-13-20-27(25)28(33-24(3)31)21-14-15-22-29/h10-13,16,19,25-29H,4-9,14-15,17-18,20-22H2,1-3H3/b16-10+,19-12+/t25-,26?,27-,28?/m1/s1. The summed E-state index contributed by atoms with van der Waals surface area (Å²) in [5, 5.41) is 9.10. The largest absolute Gasteiger partial charge is 0.462 e. The summed E-state index contributed by atoms with van der Waals surface area (Å²) in [5.41, 5.74) is 0. The quantitative estimate of drug-likeness (QED) is 0.116. The second-order valence-corrected chi connectivity index (χ2v) is 9.11. The van der Waals surface area contributed by atoms with Gasteiger partial charge in [0.1, 0.15) is 12.2 Å². The number of allylic oxidation sites excluding steroid dienone is 5. The van der Waals surface area contributed by atoms with E-state index in [-0.39, 0.29) is 42.6 Å². The summed E-state index contributed by atoms with van der Waals surface area (Å²) < 4.78 is 11.1. The molecule has 0 saturated carbocycles. The first kappa shape index (κ1) is 29.2. The Hall–Kier alpha value is -1.88. The molecule has 0 heterocycles. The lowest BCUT2D eigenvalue weighted by molar-refractivity contribution is -0.150. The molecule has 2 unspecified atom stereocenters. The van der Waals surface area contributed by atoms with Crippen molar-refractivity contribution >= 4 is 11.9 Å². The average molecular weight is 463 g/mol. The Kier molecular flexibility index (Phi) is 16.4. The summed E-state index contributed by atoms with van der Waals surface area (Å²) in [6.45, 7) is 5.30. The summed E-state index contributed by atoms with van der Waals surface area (Å²) >= 11 is 0. The Balaban J connectivity index is 2.67. The van der Waals surface area contributed by atoms with Crippen molar-refractivity contribution in [2.75, 3.05) is 6.61 Å². The highest BCUT2D eigenvalue weighted by atomic mass is 16.5. The van der Waals surface area contributed by atoms with E-state index in [2.05, 4.69) is 25.2 Å². The molecule has 5 nitrogen and oxygen atoms in total. The van der Waals surface area contributed by atoms with Crippen LogP contribution in [0.4, 0.5) is 0 Å². The van der Waals surface area contributed by atoms with Crippen molar-refractivity contribution in [1.29, 1.82) is 0 Å². The molecule has 0 aromatic heterocycles. The molecule has 0 aromatic rings. The predicted octanol–water partition coefficient (Wildman–Crippen LogP) is 6.46. The van der Waals surface area contributed by atoms with E-state index in [1.165, 1.54) is 46.0 Å². The highest BCUT2D eigenvalue weighted by Gasteiger charge is 2.30. The van der Waals surface area contributed by atoms with Gasteiger partial charge in [0, 0.05) is 26.4 Å². The monoisotopic (exact) mass is 462 g/mol. The van der Waals surface area contributed by atoms with Gasteiger partial charge in [-0.1, -0.05) is 69.4 Å². The number of ether oxygens (including phenoxy) is 2. The minimum absolute atomic E-state index is 0.140. The molecular weight excluding hydrogens is 416 g/mol. The molecule has 0 amide bonds. The Bertz CT molecular complexity index is 622. The molecule has 0 fully saturated rings. The van der Waals surface area contributed by atoms with Gasteiger partial charge in [-0.3, -0.25) is 9.59 Å². The van der Waals surface area contributed by atoms with E-state index >= 15 is 0 Å². The van der Waals surface area contributed by atoms with Crippen LogP contribution in [0.15, 0.2) is 36.5 Å². The van der Waals surface area contributed by atoms with Gasteiger partial charge in [-0.15, -0.1) is 0 Å². The number of unbranched alkanes of at least 4 members (excludes halogenated alkanes) is 6. The molecule has 1 N–H and O–H groups in total. The Morgan fingerprint density at radius 2 is 1.58 bits per heavy atom. The third kappa shape index (κ3) is 14.1. The molecule has 0 saturated heterocycles. The number of aliphatic hydroxyl groups excluding tert-OH is 1.